The Kier molecular flexibility index (Phi) is 4.28. The Morgan fingerprint density at radius 2 is 2.21 bits per heavy atom. The van der Waals surface area contributed by atoms with Gasteiger partial charge in [0.05, 0.1) is 11.1 Å². The standard InChI is InChI=1S/C14H14ClNO3/c1-2-9(3-4-16)13(17)10-7-11(15)14-12(8-10)18-5-6-19-14/h7-9H,2-3,5-6H2,1H3. The Balaban J connectivity index is 2.33. The van der Waals surface area contributed by atoms with E-state index in [9.17, 15) is 4.79 Å². The van der Waals surface area contributed by atoms with Crippen LogP contribution in [0.4, 0.5) is 0 Å². The van der Waals surface area contributed by atoms with Gasteiger partial charge in [0.15, 0.2) is 17.3 Å². The van der Waals surface area contributed by atoms with Crippen molar-refractivity contribution in [3.05, 3.63) is 22.7 Å². The molecule has 4 nitrogen and oxygen atoms in total. The summed E-state index contributed by atoms with van der Waals surface area (Å²) in [4.78, 5) is 12.3. The van der Waals surface area contributed by atoms with E-state index in [1.807, 2.05) is 13.0 Å². The summed E-state index contributed by atoms with van der Waals surface area (Å²) in [6.45, 7) is 2.78. The molecule has 0 amide bonds. The molecule has 1 aromatic rings. The number of fused-ring (bicyclic) bond motifs is 1. The highest BCUT2D eigenvalue weighted by Crippen LogP contribution is 2.39. The van der Waals surface area contributed by atoms with E-state index in [4.69, 9.17) is 26.3 Å². The van der Waals surface area contributed by atoms with Crippen molar-refractivity contribution in [2.24, 2.45) is 5.92 Å². The Hall–Kier alpha value is -1.73. The summed E-state index contributed by atoms with van der Waals surface area (Å²) in [6.07, 6.45) is 0.833. The normalized spacial score (nSPS) is 14.6. The molecule has 100 valence electrons. The van der Waals surface area contributed by atoms with Crippen LogP contribution in [0, 0.1) is 17.2 Å². The van der Waals surface area contributed by atoms with Gasteiger partial charge in [-0.2, -0.15) is 5.26 Å². The van der Waals surface area contributed by atoms with Gasteiger partial charge in [-0.05, 0) is 18.6 Å². The lowest BCUT2D eigenvalue weighted by atomic mass is 9.92. The van der Waals surface area contributed by atoms with Crippen LogP contribution in [0.25, 0.3) is 0 Å². The van der Waals surface area contributed by atoms with E-state index in [2.05, 4.69) is 0 Å². The van der Waals surface area contributed by atoms with E-state index in [1.165, 1.54) is 0 Å². The van der Waals surface area contributed by atoms with Crippen LogP contribution in [0.2, 0.25) is 5.02 Å². The number of carbonyl (C=O) groups excluding carboxylic acids is 1. The number of rotatable bonds is 4. The van der Waals surface area contributed by atoms with E-state index in [0.29, 0.717) is 41.7 Å². The van der Waals surface area contributed by atoms with Crippen LogP contribution in [0.15, 0.2) is 12.1 Å². The number of carbonyl (C=O) groups is 1. The van der Waals surface area contributed by atoms with E-state index in [1.54, 1.807) is 12.1 Å². The molecule has 5 heteroatoms. The summed E-state index contributed by atoms with van der Waals surface area (Å²) in [7, 11) is 0. The van der Waals surface area contributed by atoms with Crippen molar-refractivity contribution < 1.29 is 14.3 Å². The molecule has 0 saturated carbocycles. The number of halogens is 1. The largest absolute Gasteiger partial charge is 0.486 e. The number of ether oxygens (including phenoxy) is 2. The molecule has 1 aliphatic rings. The van der Waals surface area contributed by atoms with Crippen molar-refractivity contribution in [1.29, 1.82) is 5.26 Å². The van der Waals surface area contributed by atoms with Gasteiger partial charge in [0.2, 0.25) is 0 Å². The highest BCUT2D eigenvalue weighted by molar-refractivity contribution is 6.32. The van der Waals surface area contributed by atoms with Gasteiger partial charge in [-0.1, -0.05) is 18.5 Å². The maximum Gasteiger partial charge on any atom is 0.179 e. The second-order valence-electron chi connectivity index (χ2n) is 4.31. The van der Waals surface area contributed by atoms with Crippen molar-refractivity contribution in [3.63, 3.8) is 0 Å². The van der Waals surface area contributed by atoms with Crippen molar-refractivity contribution in [2.45, 2.75) is 19.8 Å². The topological polar surface area (TPSA) is 59.3 Å². The summed E-state index contributed by atoms with van der Waals surface area (Å²) in [5, 5.41) is 9.11. The Morgan fingerprint density at radius 3 is 2.89 bits per heavy atom. The average molecular weight is 280 g/mol. The zero-order valence-corrected chi connectivity index (χ0v) is 11.4. The van der Waals surface area contributed by atoms with Crippen LogP contribution < -0.4 is 9.47 Å². The van der Waals surface area contributed by atoms with Crippen LogP contribution in [0.5, 0.6) is 11.5 Å². The summed E-state index contributed by atoms with van der Waals surface area (Å²) in [5.41, 5.74) is 0.469. The zero-order valence-electron chi connectivity index (χ0n) is 10.6. The highest BCUT2D eigenvalue weighted by atomic mass is 35.5. The van der Waals surface area contributed by atoms with Crippen LogP contribution in [0.1, 0.15) is 30.1 Å². The molecule has 1 aliphatic heterocycles. The molecule has 0 N–H and O–H groups in total. The van der Waals surface area contributed by atoms with Gasteiger partial charge in [-0.25, -0.2) is 0 Å². The Bertz CT molecular complexity index is 536. The summed E-state index contributed by atoms with van der Waals surface area (Å²) >= 11 is 6.09. The third-order valence-corrected chi connectivity index (χ3v) is 3.36. The van der Waals surface area contributed by atoms with Crippen molar-refractivity contribution in [1.82, 2.24) is 0 Å². The maximum atomic E-state index is 12.3. The molecule has 0 aromatic heterocycles. The quantitative estimate of drug-likeness (QED) is 0.794. The predicted octanol–water partition coefficient (Wildman–Crippen LogP) is 3.23. The van der Waals surface area contributed by atoms with E-state index < -0.39 is 0 Å². The van der Waals surface area contributed by atoms with Gasteiger partial charge >= 0.3 is 0 Å². The fourth-order valence-electron chi connectivity index (χ4n) is 2.02. The number of hydrogen-bond donors (Lipinski definition) is 0. The summed E-state index contributed by atoms with van der Waals surface area (Å²) < 4.78 is 10.8. The molecule has 0 spiro atoms. The zero-order chi connectivity index (χ0) is 13.8. The van der Waals surface area contributed by atoms with Crippen LogP contribution >= 0.6 is 11.6 Å². The van der Waals surface area contributed by atoms with Crippen molar-refractivity contribution in [3.8, 4) is 17.6 Å². The molecule has 0 aliphatic carbocycles. The summed E-state index contributed by atoms with van der Waals surface area (Å²) in [5.74, 6) is 0.596. The molecule has 0 bridgehead atoms. The molecular formula is C14H14ClNO3. The second kappa shape index (κ2) is 5.94. The first-order valence-electron chi connectivity index (χ1n) is 6.17. The fourth-order valence-corrected chi connectivity index (χ4v) is 2.29. The Labute approximate surface area is 116 Å². The van der Waals surface area contributed by atoms with Crippen molar-refractivity contribution >= 4 is 17.4 Å². The molecule has 1 heterocycles. The molecule has 0 saturated heterocycles. The van der Waals surface area contributed by atoms with Crippen molar-refractivity contribution in [2.75, 3.05) is 13.2 Å². The monoisotopic (exact) mass is 279 g/mol. The number of hydrogen-bond acceptors (Lipinski definition) is 4. The molecule has 19 heavy (non-hydrogen) atoms. The van der Waals surface area contributed by atoms with Gasteiger partial charge in [0.1, 0.15) is 13.2 Å². The first kappa shape index (κ1) is 13.7. The molecule has 0 fully saturated rings. The van der Waals surface area contributed by atoms with E-state index in [0.717, 1.165) is 0 Å². The van der Waals surface area contributed by atoms with Crippen LogP contribution in [0.3, 0.4) is 0 Å². The van der Waals surface area contributed by atoms with Crippen LogP contribution in [-0.4, -0.2) is 19.0 Å². The minimum Gasteiger partial charge on any atom is -0.486 e. The number of benzene rings is 1. The van der Waals surface area contributed by atoms with E-state index in [-0.39, 0.29) is 18.1 Å². The minimum absolute atomic E-state index is 0.0806. The minimum atomic E-state index is -0.302. The van der Waals surface area contributed by atoms with Gasteiger partial charge < -0.3 is 9.47 Å². The number of nitriles is 1. The second-order valence-corrected chi connectivity index (χ2v) is 4.72. The van der Waals surface area contributed by atoms with Gasteiger partial charge in [0.25, 0.3) is 0 Å². The third kappa shape index (κ3) is 2.82. The predicted molar refractivity (Wildman–Crippen MR) is 70.8 cm³/mol. The summed E-state index contributed by atoms with van der Waals surface area (Å²) in [6, 6.07) is 5.26. The number of ketones is 1. The SMILES string of the molecule is CCC(CC#N)C(=O)c1cc(Cl)c2c(c1)OCCO2. The number of Topliss-reactive ketones (excluding diaryl/α,β-unsaturated/α-hetero) is 1. The lowest BCUT2D eigenvalue weighted by Gasteiger charge is -2.20. The first-order chi connectivity index (χ1) is 9.17. The third-order valence-electron chi connectivity index (χ3n) is 3.08. The molecular weight excluding hydrogens is 266 g/mol. The molecule has 0 radical (unpaired) electrons. The first-order valence-corrected chi connectivity index (χ1v) is 6.55. The maximum absolute atomic E-state index is 12.3. The average Bonchev–Trinajstić information content (AvgIpc) is 2.44. The lowest BCUT2D eigenvalue weighted by Crippen LogP contribution is -2.18. The van der Waals surface area contributed by atoms with Gasteiger partial charge in [0, 0.05) is 17.9 Å². The van der Waals surface area contributed by atoms with Gasteiger partial charge in [-0.15, -0.1) is 0 Å². The lowest BCUT2D eigenvalue weighted by molar-refractivity contribution is 0.0917. The highest BCUT2D eigenvalue weighted by Gasteiger charge is 2.23. The molecule has 1 aromatic carbocycles. The van der Waals surface area contributed by atoms with E-state index >= 15 is 0 Å². The number of nitrogens with zero attached hydrogens (tertiary/aromatic N) is 1. The van der Waals surface area contributed by atoms with Gasteiger partial charge in [-0.3, -0.25) is 4.79 Å². The van der Waals surface area contributed by atoms with Crippen LogP contribution in [-0.2, 0) is 0 Å². The molecule has 1 unspecified atom stereocenters. The molecule has 2 rings (SSSR count). The fraction of sp³-hybridized carbons (Fsp3) is 0.429. The molecule has 1 atom stereocenters. The Morgan fingerprint density at radius 1 is 1.47 bits per heavy atom. The smallest absolute Gasteiger partial charge is 0.179 e.